The normalized spacial score (nSPS) is 27.9. The predicted molar refractivity (Wildman–Crippen MR) is 58.8 cm³/mol. The van der Waals surface area contributed by atoms with E-state index in [-0.39, 0.29) is 6.10 Å². The molecule has 0 aliphatic heterocycles. The molecule has 0 aromatic carbocycles. The highest BCUT2D eigenvalue weighted by Crippen LogP contribution is 2.34. The summed E-state index contributed by atoms with van der Waals surface area (Å²) in [5.74, 6) is 0.836. The third-order valence-electron chi connectivity index (χ3n) is 2.43. The van der Waals surface area contributed by atoms with Crippen molar-refractivity contribution in [3.05, 3.63) is 5.82 Å². The molecular formula is C9H14N2OS2. The van der Waals surface area contributed by atoms with E-state index >= 15 is 0 Å². The largest absolute Gasteiger partial charge is 0.392 e. The Kier molecular flexibility index (Phi) is 3.41. The zero-order valence-electron chi connectivity index (χ0n) is 8.14. The maximum absolute atomic E-state index is 9.77. The molecule has 5 heteroatoms. The van der Waals surface area contributed by atoms with E-state index in [1.54, 1.807) is 11.8 Å². The first-order chi connectivity index (χ1) is 6.75. The first-order valence-corrected chi connectivity index (χ1v) is 6.56. The summed E-state index contributed by atoms with van der Waals surface area (Å²) in [6.45, 7) is 1.90. The minimum Gasteiger partial charge on any atom is -0.392 e. The Balaban J connectivity index is 1.95. The first kappa shape index (κ1) is 10.4. The van der Waals surface area contributed by atoms with Crippen LogP contribution < -0.4 is 0 Å². The van der Waals surface area contributed by atoms with Crippen LogP contribution in [0.5, 0.6) is 0 Å². The molecule has 0 amide bonds. The number of nitrogens with zero attached hydrogens (tertiary/aromatic N) is 2. The van der Waals surface area contributed by atoms with Gasteiger partial charge in [0.05, 0.1) is 6.10 Å². The third-order valence-corrected chi connectivity index (χ3v) is 4.69. The second kappa shape index (κ2) is 4.59. The van der Waals surface area contributed by atoms with Crippen molar-refractivity contribution in [3.63, 3.8) is 0 Å². The molecule has 1 aromatic heterocycles. The Bertz CT molecular complexity index is 303. The highest BCUT2D eigenvalue weighted by Gasteiger charge is 2.24. The fourth-order valence-corrected chi connectivity index (χ4v) is 3.77. The summed E-state index contributed by atoms with van der Waals surface area (Å²) in [6, 6.07) is 0. The topological polar surface area (TPSA) is 46.0 Å². The molecule has 78 valence electrons. The van der Waals surface area contributed by atoms with E-state index in [1.807, 2.05) is 6.92 Å². The Morgan fingerprint density at radius 1 is 1.43 bits per heavy atom. The molecule has 2 atom stereocenters. The van der Waals surface area contributed by atoms with E-state index < -0.39 is 0 Å². The zero-order valence-corrected chi connectivity index (χ0v) is 9.77. The van der Waals surface area contributed by atoms with Gasteiger partial charge < -0.3 is 5.11 Å². The Morgan fingerprint density at radius 2 is 2.21 bits per heavy atom. The van der Waals surface area contributed by atoms with Crippen molar-refractivity contribution in [1.82, 2.24) is 9.36 Å². The molecule has 14 heavy (non-hydrogen) atoms. The number of aliphatic hydroxyl groups is 1. The van der Waals surface area contributed by atoms with Gasteiger partial charge in [-0.25, -0.2) is 4.98 Å². The molecule has 0 bridgehead atoms. The number of aliphatic hydroxyl groups excluding tert-OH is 1. The van der Waals surface area contributed by atoms with Crippen LogP contribution in [-0.4, -0.2) is 25.8 Å². The minimum absolute atomic E-state index is 0.155. The maximum atomic E-state index is 9.77. The fourth-order valence-electron chi connectivity index (χ4n) is 1.67. The predicted octanol–water partition coefficient (Wildman–Crippen LogP) is 2.24. The van der Waals surface area contributed by atoms with Gasteiger partial charge in [0.25, 0.3) is 0 Å². The second-order valence-corrected chi connectivity index (χ2v) is 5.85. The van der Waals surface area contributed by atoms with Gasteiger partial charge in [-0.1, -0.05) is 24.6 Å². The molecular weight excluding hydrogens is 216 g/mol. The fraction of sp³-hybridized carbons (Fsp3) is 0.778. The van der Waals surface area contributed by atoms with Gasteiger partial charge >= 0.3 is 0 Å². The van der Waals surface area contributed by atoms with E-state index in [2.05, 4.69) is 9.36 Å². The minimum atomic E-state index is -0.155. The molecule has 0 spiro atoms. The lowest BCUT2D eigenvalue weighted by Crippen LogP contribution is -2.26. The van der Waals surface area contributed by atoms with Gasteiger partial charge in [0, 0.05) is 5.25 Å². The summed E-state index contributed by atoms with van der Waals surface area (Å²) in [7, 11) is 0. The van der Waals surface area contributed by atoms with Crippen molar-refractivity contribution in [2.45, 2.75) is 48.3 Å². The summed E-state index contributed by atoms with van der Waals surface area (Å²) in [5, 5.41) is 10.1. The molecule has 2 unspecified atom stereocenters. The summed E-state index contributed by atoms with van der Waals surface area (Å²) < 4.78 is 5.13. The molecule has 1 saturated carbocycles. The van der Waals surface area contributed by atoms with Crippen molar-refractivity contribution in [3.8, 4) is 0 Å². The van der Waals surface area contributed by atoms with E-state index in [4.69, 9.17) is 0 Å². The summed E-state index contributed by atoms with van der Waals surface area (Å²) in [5.41, 5.74) is 0. The van der Waals surface area contributed by atoms with Crippen molar-refractivity contribution in [1.29, 1.82) is 0 Å². The average molecular weight is 230 g/mol. The van der Waals surface area contributed by atoms with Crippen LogP contribution in [0, 0.1) is 6.92 Å². The Morgan fingerprint density at radius 3 is 2.86 bits per heavy atom. The van der Waals surface area contributed by atoms with Gasteiger partial charge in [0.2, 0.25) is 0 Å². The van der Waals surface area contributed by atoms with Crippen LogP contribution in [0.4, 0.5) is 0 Å². The van der Waals surface area contributed by atoms with Crippen LogP contribution in [0.15, 0.2) is 4.34 Å². The molecule has 1 aromatic rings. The van der Waals surface area contributed by atoms with Crippen molar-refractivity contribution in [2.75, 3.05) is 0 Å². The number of hydrogen-bond donors (Lipinski definition) is 1. The molecule has 1 aliphatic rings. The Labute approximate surface area is 92.1 Å². The number of hydrogen-bond acceptors (Lipinski definition) is 5. The lowest BCUT2D eigenvalue weighted by Gasteiger charge is -2.25. The maximum Gasteiger partial charge on any atom is 0.170 e. The van der Waals surface area contributed by atoms with Gasteiger partial charge in [-0.3, -0.25) is 0 Å². The SMILES string of the molecule is Cc1nsc(SC2CCCCC2O)n1. The van der Waals surface area contributed by atoms with Crippen molar-refractivity contribution < 1.29 is 5.11 Å². The number of aryl methyl sites for hydroxylation is 1. The number of aromatic nitrogens is 2. The molecule has 3 nitrogen and oxygen atoms in total. The van der Waals surface area contributed by atoms with Crippen molar-refractivity contribution >= 4 is 23.3 Å². The van der Waals surface area contributed by atoms with Gasteiger partial charge in [0.15, 0.2) is 4.34 Å². The van der Waals surface area contributed by atoms with Crippen LogP contribution in [0.25, 0.3) is 0 Å². The van der Waals surface area contributed by atoms with E-state index in [1.165, 1.54) is 18.0 Å². The lowest BCUT2D eigenvalue weighted by molar-refractivity contribution is 0.137. The second-order valence-electron chi connectivity index (χ2n) is 3.62. The monoisotopic (exact) mass is 230 g/mol. The first-order valence-electron chi connectivity index (χ1n) is 4.91. The van der Waals surface area contributed by atoms with Crippen LogP contribution in [0.2, 0.25) is 0 Å². The van der Waals surface area contributed by atoms with Gasteiger partial charge in [-0.2, -0.15) is 4.37 Å². The van der Waals surface area contributed by atoms with Gasteiger partial charge in [0.1, 0.15) is 5.82 Å². The molecule has 1 fully saturated rings. The summed E-state index contributed by atoms with van der Waals surface area (Å²) >= 11 is 3.12. The zero-order chi connectivity index (χ0) is 9.97. The van der Waals surface area contributed by atoms with E-state index in [9.17, 15) is 5.11 Å². The lowest BCUT2D eigenvalue weighted by atomic mass is 9.97. The van der Waals surface area contributed by atoms with E-state index in [0.717, 1.165) is 29.4 Å². The molecule has 1 N–H and O–H groups in total. The third kappa shape index (κ3) is 2.46. The molecule has 0 radical (unpaired) electrons. The highest BCUT2D eigenvalue weighted by atomic mass is 32.2. The van der Waals surface area contributed by atoms with Crippen LogP contribution >= 0.6 is 23.3 Å². The summed E-state index contributed by atoms with van der Waals surface area (Å²) in [6.07, 6.45) is 4.28. The quantitative estimate of drug-likeness (QED) is 0.846. The van der Waals surface area contributed by atoms with Gasteiger partial charge in [-0.05, 0) is 31.3 Å². The number of thioether (sulfide) groups is 1. The smallest absolute Gasteiger partial charge is 0.170 e. The highest BCUT2D eigenvalue weighted by molar-refractivity contribution is 8.01. The van der Waals surface area contributed by atoms with Crippen LogP contribution in [-0.2, 0) is 0 Å². The average Bonchev–Trinajstić information content (AvgIpc) is 2.56. The van der Waals surface area contributed by atoms with E-state index in [0.29, 0.717) is 5.25 Å². The van der Waals surface area contributed by atoms with Crippen LogP contribution in [0.3, 0.4) is 0 Å². The van der Waals surface area contributed by atoms with Crippen LogP contribution in [0.1, 0.15) is 31.5 Å². The van der Waals surface area contributed by atoms with Gasteiger partial charge in [-0.15, -0.1) is 0 Å². The standard InChI is InChI=1S/C9H14N2OS2/c1-6-10-9(14-11-6)13-8-5-3-2-4-7(8)12/h7-8,12H,2-5H2,1H3. The molecule has 1 aliphatic carbocycles. The Hall–Kier alpha value is -0.130. The van der Waals surface area contributed by atoms with Crippen molar-refractivity contribution in [2.24, 2.45) is 0 Å². The number of rotatable bonds is 2. The molecule has 2 rings (SSSR count). The summed E-state index contributed by atoms with van der Waals surface area (Å²) in [4.78, 5) is 4.30. The molecule has 0 saturated heterocycles. The molecule has 1 heterocycles.